The monoisotopic (exact) mass is 417 g/mol. The van der Waals surface area contributed by atoms with Crippen LogP contribution in [-0.4, -0.2) is 54.1 Å². The molecule has 1 aliphatic carbocycles. The number of halogens is 2. The predicted molar refractivity (Wildman–Crippen MR) is 119 cm³/mol. The quantitative estimate of drug-likeness (QED) is 0.796. The first-order chi connectivity index (χ1) is 12.1. The van der Waals surface area contributed by atoms with Crippen LogP contribution >= 0.6 is 24.8 Å². The van der Waals surface area contributed by atoms with Crippen molar-refractivity contribution in [2.24, 2.45) is 11.7 Å². The molecule has 27 heavy (non-hydrogen) atoms. The molecule has 0 amide bonds. The van der Waals surface area contributed by atoms with Crippen LogP contribution in [0.25, 0.3) is 0 Å². The van der Waals surface area contributed by atoms with E-state index in [1.807, 2.05) is 0 Å². The average molecular weight is 418 g/mol. The fraction of sp³-hybridized carbons (Fsp3) is 0.800. The summed E-state index contributed by atoms with van der Waals surface area (Å²) >= 11 is 0. The molecule has 1 fully saturated rings. The Morgan fingerprint density at radius 3 is 2.33 bits per heavy atom. The first-order valence-electron chi connectivity index (χ1n) is 10.2. The minimum absolute atomic E-state index is 0. The van der Waals surface area contributed by atoms with Gasteiger partial charge in [0.05, 0.1) is 5.69 Å². The lowest BCUT2D eigenvalue weighted by Gasteiger charge is -2.31. The van der Waals surface area contributed by atoms with Crippen LogP contribution in [0.2, 0.25) is 0 Å². The number of aromatic nitrogens is 2. The Labute approximate surface area is 177 Å². The Kier molecular flexibility index (Phi) is 10.3. The number of rotatable bonds is 5. The Balaban J connectivity index is 0.00000182. The number of nitrogens with two attached hydrogens (primary N) is 1. The Morgan fingerprint density at radius 2 is 1.70 bits per heavy atom. The zero-order chi connectivity index (χ0) is 17.8. The van der Waals surface area contributed by atoms with Crippen LogP contribution in [0.4, 0.5) is 5.82 Å². The summed E-state index contributed by atoms with van der Waals surface area (Å²) in [4.78, 5) is 14.7. The van der Waals surface area contributed by atoms with Crippen LogP contribution in [0, 0.1) is 5.92 Å². The van der Waals surface area contributed by atoms with Gasteiger partial charge in [-0.25, -0.2) is 9.97 Å². The van der Waals surface area contributed by atoms with Gasteiger partial charge in [-0.2, -0.15) is 0 Å². The highest BCUT2D eigenvalue weighted by atomic mass is 35.5. The molecule has 0 bridgehead atoms. The summed E-state index contributed by atoms with van der Waals surface area (Å²) < 4.78 is 0. The number of hydrogen-bond acceptors (Lipinski definition) is 5. The van der Waals surface area contributed by atoms with Crippen molar-refractivity contribution in [3.8, 4) is 0 Å². The zero-order valence-corrected chi connectivity index (χ0v) is 18.7. The normalized spacial score (nSPS) is 22.8. The van der Waals surface area contributed by atoms with E-state index in [0.29, 0.717) is 6.04 Å². The fourth-order valence-corrected chi connectivity index (χ4v) is 4.22. The lowest BCUT2D eigenvalue weighted by Crippen LogP contribution is -2.35. The van der Waals surface area contributed by atoms with Crippen molar-refractivity contribution in [2.45, 2.75) is 64.8 Å². The Morgan fingerprint density at radius 1 is 1.04 bits per heavy atom. The smallest absolute Gasteiger partial charge is 0.135 e. The molecule has 3 rings (SSSR count). The Bertz CT molecular complexity index is 576. The summed E-state index contributed by atoms with van der Waals surface area (Å²) in [5, 5.41) is 0. The molecular formula is C20H37Cl2N5. The van der Waals surface area contributed by atoms with Crippen molar-refractivity contribution in [1.29, 1.82) is 0 Å². The Hall–Kier alpha value is -0.620. The lowest BCUT2D eigenvalue weighted by atomic mass is 9.86. The second kappa shape index (κ2) is 11.4. The molecule has 0 spiro atoms. The highest BCUT2D eigenvalue weighted by Gasteiger charge is 2.25. The van der Waals surface area contributed by atoms with Crippen molar-refractivity contribution in [3.63, 3.8) is 0 Å². The summed E-state index contributed by atoms with van der Waals surface area (Å²) in [6.07, 6.45) is 8.05. The molecule has 0 saturated heterocycles. The maximum absolute atomic E-state index is 6.06. The maximum Gasteiger partial charge on any atom is 0.135 e. The summed E-state index contributed by atoms with van der Waals surface area (Å²) in [7, 11) is 2.15. The molecule has 0 atom stereocenters. The summed E-state index contributed by atoms with van der Waals surface area (Å²) in [5.74, 6) is 2.98. The van der Waals surface area contributed by atoms with Crippen LogP contribution in [0.1, 0.15) is 56.6 Å². The van der Waals surface area contributed by atoms with Crippen molar-refractivity contribution in [3.05, 3.63) is 17.1 Å². The molecule has 1 saturated carbocycles. The third kappa shape index (κ3) is 6.18. The zero-order valence-electron chi connectivity index (χ0n) is 17.1. The van der Waals surface area contributed by atoms with Gasteiger partial charge in [0.1, 0.15) is 11.6 Å². The van der Waals surface area contributed by atoms with Gasteiger partial charge in [-0.15, -0.1) is 24.8 Å². The SMILES string of the molecule is CCc1nc2c(c(N(C)CC)n1)CCN(CC1CCC(N)CC1)CC2.Cl.Cl. The number of aryl methyl sites for hydroxylation is 1. The van der Waals surface area contributed by atoms with E-state index in [2.05, 4.69) is 30.7 Å². The minimum atomic E-state index is 0. The molecule has 2 heterocycles. The average Bonchev–Trinajstić information content (AvgIpc) is 2.84. The fourth-order valence-electron chi connectivity index (χ4n) is 4.22. The third-order valence-corrected chi connectivity index (χ3v) is 6.02. The van der Waals surface area contributed by atoms with Gasteiger partial charge in [0, 0.05) is 57.7 Å². The van der Waals surface area contributed by atoms with E-state index >= 15 is 0 Å². The summed E-state index contributed by atoms with van der Waals surface area (Å²) in [6, 6.07) is 0.444. The van der Waals surface area contributed by atoms with E-state index < -0.39 is 0 Å². The van der Waals surface area contributed by atoms with Gasteiger partial charge in [-0.05, 0) is 44.9 Å². The number of hydrogen-bond donors (Lipinski definition) is 1. The standard InChI is InChI=1S/C20H35N5.2ClH/c1-4-19-22-18-11-13-25(14-15-6-8-16(21)9-7-15)12-10-17(18)20(23-19)24(3)5-2;;/h15-16H,4-14,21H2,1-3H3;2*1H. The van der Waals surface area contributed by atoms with Crippen LogP contribution < -0.4 is 10.6 Å². The molecule has 2 N–H and O–H groups in total. The van der Waals surface area contributed by atoms with E-state index in [4.69, 9.17) is 15.7 Å². The highest BCUT2D eigenvalue weighted by Crippen LogP contribution is 2.27. The van der Waals surface area contributed by atoms with Crippen molar-refractivity contribution < 1.29 is 0 Å². The predicted octanol–water partition coefficient (Wildman–Crippen LogP) is 3.26. The topological polar surface area (TPSA) is 58.3 Å². The summed E-state index contributed by atoms with van der Waals surface area (Å²) in [5.41, 5.74) is 8.74. The van der Waals surface area contributed by atoms with E-state index in [9.17, 15) is 0 Å². The van der Waals surface area contributed by atoms with Gasteiger partial charge in [0.2, 0.25) is 0 Å². The van der Waals surface area contributed by atoms with E-state index in [0.717, 1.165) is 56.5 Å². The first kappa shape index (κ1) is 24.4. The minimum Gasteiger partial charge on any atom is -0.360 e. The number of nitrogens with zero attached hydrogens (tertiary/aromatic N) is 4. The molecule has 1 aliphatic heterocycles. The molecule has 1 aromatic heterocycles. The molecule has 5 nitrogen and oxygen atoms in total. The molecule has 1 aromatic rings. The summed E-state index contributed by atoms with van der Waals surface area (Å²) in [6.45, 7) is 8.82. The van der Waals surface area contributed by atoms with Crippen LogP contribution in [0.15, 0.2) is 0 Å². The van der Waals surface area contributed by atoms with E-state index in [1.165, 1.54) is 43.5 Å². The van der Waals surface area contributed by atoms with Crippen LogP contribution in [0.3, 0.4) is 0 Å². The largest absolute Gasteiger partial charge is 0.360 e. The molecule has 156 valence electrons. The third-order valence-electron chi connectivity index (χ3n) is 6.02. The first-order valence-corrected chi connectivity index (χ1v) is 10.2. The molecular weight excluding hydrogens is 381 g/mol. The van der Waals surface area contributed by atoms with E-state index in [1.54, 1.807) is 0 Å². The van der Waals surface area contributed by atoms with Crippen molar-refractivity contribution in [1.82, 2.24) is 14.9 Å². The second-order valence-corrected chi connectivity index (χ2v) is 7.84. The second-order valence-electron chi connectivity index (χ2n) is 7.84. The van der Waals surface area contributed by atoms with Gasteiger partial charge in [-0.3, -0.25) is 0 Å². The van der Waals surface area contributed by atoms with Crippen molar-refractivity contribution >= 4 is 30.6 Å². The maximum atomic E-state index is 6.06. The van der Waals surface area contributed by atoms with Gasteiger partial charge >= 0.3 is 0 Å². The van der Waals surface area contributed by atoms with E-state index in [-0.39, 0.29) is 24.8 Å². The lowest BCUT2D eigenvalue weighted by molar-refractivity contribution is 0.200. The highest BCUT2D eigenvalue weighted by molar-refractivity contribution is 5.85. The number of anilines is 1. The number of fused-ring (bicyclic) bond motifs is 1. The van der Waals surface area contributed by atoms with Gasteiger partial charge < -0.3 is 15.5 Å². The molecule has 7 heteroatoms. The molecule has 0 aromatic carbocycles. The molecule has 2 aliphatic rings. The van der Waals surface area contributed by atoms with Crippen LogP contribution in [-0.2, 0) is 19.3 Å². The molecule has 0 radical (unpaired) electrons. The van der Waals surface area contributed by atoms with Crippen molar-refractivity contribution in [2.75, 3.05) is 38.1 Å². The molecule has 0 unspecified atom stereocenters. The van der Waals surface area contributed by atoms with Gasteiger partial charge in [0.25, 0.3) is 0 Å². The van der Waals surface area contributed by atoms with Gasteiger partial charge in [0.15, 0.2) is 0 Å². The van der Waals surface area contributed by atoms with Gasteiger partial charge in [-0.1, -0.05) is 6.92 Å². The van der Waals surface area contributed by atoms with Crippen LogP contribution in [0.5, 0.6) is 0 Å².